The number of halogens is 3. The average molecular weight is 269 g/mol. The number of nitrogens with one attached hydrogen (secondary N) is 1. The Bertz CT molecular complexity index is 543. The second kappa shape index (κ2) is 5.09. The molecule has 0 spiro atoms. The summed E-state index contributed by atoms with van der Waals surface area (Å²) in [5, 5.41) is 3.06. The molecule has 1 unspecified atom stereocenters. The summed E-state index contributed by atoms with van der Waals surface area (Å²) >= 11 is 0. The first-order valence-corrected chi connectivity index (χ1v) is 5.81. The van der Waals surface area contributed by atoms with E-state index in [0.717, 1.165) is 29.0 Å². The van der Waals surface area contributed by atoms with Gasteiger partial charge in [0.15, 0.2) is 0 Å². The molecule has 19 heavy (non-hydrogen) atoms. The first-order chi connectivity index (χ1) is 8.91. The smallest absolute Gasteiger partial charge is 0.416 e. The molecular weight excluding hydrogens is 255 g/mol. The third-order valence-electron chi connectivity index (χ3n) is 2.94. The van der Waals surface area contributed by atoms with E-state index in [9.17, 15) is 13.2 Å². The molecule has 102 valence electrons. The van der Waals surface area contributed by atoms with Crippen LogP contribution in [0.15, 0.2) is 41.0 Å². The maximum atomic E-state index is 12.5. The van der Waals surface area contributed by atoms with Gasteiger partial charge in [-0.15, -0.1) is 0 Å². The van der Waals surface area contributed by atoms with Gasteiger partial charge < -0.3 is 9.73 Å². The van der Waals surface area contributed by atoms with Gasteiger partial charge in [0.2, 0.25) is 0 Å². The summed E-state index contributed by atoms with van der Waals surface area (Å²) in [6.45, 7) is 1.82. The van der Waals surface area contributed by atoms with Gasteiger partial charge in [0.25, 0.3) is 0 Å². The lowest BCUT2D eigenvalue weighted by Crippen LogP contribution is -2.17. The maximum Gasteiger partial charge on any atom is 0.416 e. The number of furan rings is 1. The predicted molar refractivity (Wildman–Crippen MR) is 65.8 cm³/mol. The molecule has 1 aromatic heterocycles. The van der Waals surface area contributed by atoms with Crippen LogP contribution in [0.1, 0.15) is 28.5 Å². The van der Waals surface area contributed by atoms with Crippen molar-refractivity contribution in [3.8, 4) is 0 Å². The minimum Gasteiger partial charge on any atom is -0.469 e. The Hall–Kier alpha value is -1.75. The van der Waals surface area contributed by atoms with Crippen LogP contribution in [0.4, 0.5) is 13.2 Å². The van der Waals surface area contributed by atoms with E-state index in [1.807, 2.05) is 13.0 Å². The second-order valence-electron chi connectivity index (χ2n) is 4.33. The summed E-state index contributed by atoms with van der Waals surface area (Å²) < 4.78 is 42.7. The molecule has 0 bridgehead atoms. The van der Waals surface area contributed by atoms with Crippen molar-refractivity contribution in [2.45, 2.75) is 19.1 Å². The minimum absolute atomic E-state index is 0.181. The van der Waals surface area contributed by atoms with Crippen molar-refractivity contribution in [3.05, 3.63) is 59.0 Å². The van der Waals surface area contributed by atoms with Crippen LogP contribution in [0.3, 0.4) is 0 Å². The fourth-order valence-electron chi connectivity index (χ4n) is 2.01. The first-order valence-electron chi connectivity index (χ1n) is 5.81. The van der Waals surface area contributed by atoms with Gasteiger partial charge in [-0.25, -0.2) is 0 Å². The summed E-state index contributed by atoms with van der Waals surface area (Å²) in [6.07, 6.45) is -2.70. The molecule has 0 saturated heterocycles. The van der Waals surface area contributed by atoms with Gasteiger partial charge >= 0.3 is 6.18 Å². The van der Waals surface area contributed by atoms with Crippen LogP contribution in [0, 0.1) is 6.92 Å². The van der Waals surface area contributed by atoms with Crippen LogP contribution >= 0.6 is 0 Å². The molecule has 1 aromatic carbocycles. The van der Waals surface area contributed by atoms with Gasteiger partial charge in [0.05, 0.1) is 17.9 Å². The van der Waals surface area contributed by atoms with Crippen molar-refractivity contribution in [1.82, 2.24) is 5.32 Å². The van der Waals surface area contributed by atoms with E-state index < -0.39 is 11.7 Å². The molecule has 1 N–H and O–H groups in total. The zero-order valence-electron chi connectivity index (χ0n) is 10.6. The monoisotopic (exact) mass is 269 g/mol. The normalized spacial score (nSPS) is 13.5. The second-order valence-corrected chi connectivity index (χ2v) is 4.33. The van der Waals surface area contributed by atoms with Gasteiger partial charge in [0.1, 0.15) is 5.76 Å². The van der Waals surface area contributed by atoms with Crippen LogP contribution in [0.2, 0.25) is 0 Å². The number of aryl methyl sites for hydroxylation is 1. The topological polar surface area (TPSA) is 25.2 Å². The highest BCUT2D eigenvalue weighted by Crippen LogP contribution is 2.31. The fourth-order valence-corrected chi connectivity index (χ4v) is 2.01. The van der Waals surface area contributed by atoms with Crippen LogP contribution in [-0.4, -0.2) is 7.05 Å². The highest BCUT2D eigenvalue weighted by atomic mass is 19.4. The lowest BCUT2D eigenvalue weighted by atomic mass is 10.00. The van der Waals surface area contributed by atoms with Crippen molar-refractivity contribution in [2.24, 2.45) is 0 Å². The Morgan fingerprint density at radius 3 is 2.16 bits per heavy atom. The Morgan fingerprint density at radius 2 is 1.74 bits per heavy atom. The maximum absolute atomic E-state index is 12.5. The van der Waals surface area contributed by atoms with E-state index >= 15 is 0 Å². The highest BCUT2D eigenvalue weighted by Gasteiger charge is 2.30. The van der Waals surface area contributed by atoms with Crippen LogP contribution in [0.5, 0.6) is 0 Å². The number of rotatable bonds is 3. The van der Waals surface area contributed by atoms with Gasteiger partial charge in [-0.3, -0.25) is 0 Å². The van der Waals surface area contributed by atoms with E-state index in [1.54, 1.807) is 13.3 Å². The van der Waals surface area contributed by atoms with Crippen molar-refractivity contribution >= 4 is 0 Å². The highest BCUT2D eigenvalue weighted by molar-refractivity contribution is 5.33. The van der Waals surface area contributed by atoms with Gasteiger partial charge in [-0.2, -0.15) is 13.2 Å². The molecule has 5 heteroatoms. The Labute approximate surface area is 109 Å². The molecule has 0 aliphatic heterocycles. The summed E-state index contributed by atoms with van der Waals surface area (Å²) in [5.41, 5.74) is 1.01. The zero-order chi connectivity index (χ0) is 14.0. The third kappa shape index (κ3) is 2.98. The minimum atomic E-state index is -4.31. The molecule has 2 nitrogen and oxygen atoms in total. The van der Waals surface area contributed by atoms with Gasteiger partial charge in [0, 0.05) is 5.56 Å². The standard InChI is InChI=1S/C14H14F3NO/c1-9-7-11(8-19-9)13(18-2)10-3-5-12(6-4-10)14(15,16)17/h3-8,13,18H,1-2H3. The molecule has 0 fully saturated rings. The molecule has 0 aliphatic rings. The molecule has 0 amide bonds. The summed E-state index contributed by atoms with van der Waals surface area (Å²) in [6, 6.07) is 6.82. The molecule has 0 saturated carbocycles. The Morgan fingerprint density at radius 1 is 1.11 bits per heavy atom. The van der Waals surface area contributed by atoms with Crippen molar-refractivity contribution < 1.29 is 17.6 Å². The van der Waals surface area contributed by atoms with E-state index in [1.165, 1.54) is 12.1 Å². The van der Waals surface area contributed by atoms with E-state index in [2.05, 4.69) is 5.32 Å². The molecule has 0 aliphatic carbocycles. The van der Waals surface area contributed by atoms with Crippen LogP contribution in [-0.2, 0) is 6.18 Å². The molecule has 1 heterocycles. The summed E-state index contributed by atoms with van der Waals surface area (Å²) in [7, 11) is 1.75. The third-order valence-corrected chi connectivity index (χ3v) is 2.94. The SMILES string of the molecule is CNC(c1ccc(C(F)(F)F)cc1)c1coc(C)c1. The quantitative estimate of drug-likeness (QED) is 0.913. The number of hydrogen-bond donors (Lipinski definition) is 1. The fraction of sp³-hybridized carbons (Fsp3) is 0.286. The molecule has 1 atom stereocenters. The Balaban J connectivity index is 2.30. The average Bonchev–Trinajstić information content (AvgIpc) is 2.76. The summed E-state index contributed by atoms with van der Waals surface area (Å²) in [5.74, 6) is 0.766. The lowest BCUT2D eigenvalue weighted by Gasteiger charge is -2.16. The molecule has 0 radical (unpaired) electrons. The number of benzene rings is 1. The Kier molecular flexibility index (Phi) is 3.66. The zero-order valence-corrected chi connectivity index (χ0v) is 10.6. The predicted octanol–water partition coefficient (Wildman–Crippen LogP) is 3.92. The number of alkyl halides is 3. The summed E-state index contributed by atoms with van der Waals surface area (Å²) in [4.78, 5) is 0. The van der Waals surface area contributed by atoms with Crippen LogP contribution < -0.4 is 5.32 Å². The van der Waals surface area contributed by atoms with Crippen molar-refractivity contribution in [3.63, 3.8) is 0 Å². The molecule has 2 aromatic rings. The first kappa shape index (κ1) is 13.7. The lowest BCUT2D eigenvalue weighted by molar-refractivity contribution is -0.137. The van der Waals surface area contributed by atoms with Gasteiger partial charge in [-0.1, -0.05) is 12.1 Å². The van der Waals surface area contributed by atoms with Crippen LogP contribution in [0.25, 0.3) is 0 Å². The van der Waals surface area contributed by atoms with E-state index in [0.29, 0.717) is 0 Å². The van der Waals surface area contributed by atoms with E-state index in [4.69, 9.17) is 4.42 Å². The van der Waals surface area contributed by atoms with Crippen molar-refractivity contribution in [2.75, 3.05) is 7.05 Å². The largest absolute Gasteiger partial charge is 0.469 e. The molecular formula is C14H14F3NO. The van der Waals surface area contributed by atoms with Crippen molar-refractivity contribution in [1.29, 1.82) is 0 Å². The molecule has 2 rings (SSSR count). The van der Waals surface area contributed by atoms with Gasteiger partial charge in [-0.05, 0) is 37.7 Å². The number of hydrogen-bond acceptors (Lipinski definition) is 2. The van der Waals surface area contributed by atoms with E-state index in [-0.39, 0.29) is 6.04 Å².